The lowest BCUT2D eigenvalue weighted by molar-refractivity contribution is -0.142. The van der Waals surface area contributed by atoms with Gasteiger partial charge >= 0.3 is 12.0 Å². The first-order chi connectivity index (χ1) is 28.0. The predicted octanol–water partition coefficient (Wildman–Crippen LogP) is 2.77. The molecule has 8 N–H and O–H groups in total. The van der Waals surface area contributed by atoms with Crippen molar-refractivity contribution < 1.29 is 38.7 Å². The zero-order chi connectivity index (χ0) is 43.2. The molecule has 0 spiro atoms. The fourth-order valence-corrected chi connectivity index (χ4v) is 7.06. The number of carboxylic acids is 1. The number of likely N-dealkylation sites (N-methyl/N-ethyl adjacent to an activating group) is 1. The van der Waals surface area contributed by atoms with Gasteiger partial charge in [0, 0.05) is 43.5 Å². The summed E-state index contributed by atoms with van der Waals surface area (Å²) in [4.78, 5) is 99.6. The Balaban J connectivity index is 1.70. The molecule has 1 aromatic heterocycles. The van der Waals surface area contributed by atoms with Gasteiger partial charge in [0.15, 0.2) is 0 Å². The molecule has 4 rings (SSSR count). The molecule has 16 heteroatoms. The molecule has 0 aliphatic carbocycles. The summed E-state index contributed by atoms with van der Waals surface area (Å²) < 4.78 is 0. The molecule has 1 aliphatic rings. The standard InChI is InChI=1S/C43H60N8O8/c1-25(2)20-33-40(55)48-35(23-29-24-45-31-17-11-10-16-30(29)31)41(56)51(6)27(5)37(52)46-34(22-28-14-8-7-9-15-28)38(53)44-19-13-12-18-32(39(54)47-33)49-43(59)50-36(42(57)58)21-26(3)4/h7-11,14-17,24-27,32-36,45H,12-13,18-23H2,1-6H3,(H,44,53)(H,46,52)(H,47,54)(H,48,55)(H,57,58)(H2,49,50,59)/t27-,32+,33-,34-,35-,36-/m0/s1. The summed E-state index contributed by atoms with van der Waals surface area (Å²) in [6, 6.07) is 9.06. The molecule has 0 radical (unpaired) electrons. The number of urea groups is 1. The summed E-state index contributed by atoms with van der Waals surface area (Å²) in [5, 5.41) is 27.0. The van der Waals surface area contributed by atoms with E-state index in [-0.39, 0.29) is 50.5 Å². The van der Waals surface area contributed by atoms with Crippen molar-refractivity contribution in [1.29, 1.82) is 0 Å². The maximum atomic E-state index is 14.4. The number of para-hydroxylation sites is 1. The number of carboxylic acid groups (broad SMARTS) is 1. The number of carbonyl (C=O) groups is 7. The highest BCUT2D eigenvalue weighted by molar-refractivity contribution is 5.97. The number of rotatable bonds is 11. The van der Waals surface area contributed by atoms with Crippen LogP contribution in [0.4, 0.5) is 4.79 Å². The molecule has 0 bridgehead atoms. The highest BCUT2D eigenvalue weighted by atomic mass is 16.4. The van der Waals surface area contributed by atoms with Gasteiger partial charge in [-0.1, -0.05) is 76.2 Å². The first-order valence-corrected chi connectivity index (χ1v) is 20.4. The number of fused-ring (bicyclic) bond motifs is 1. The number of aliphatic carboxylic acids is 1. The molecule has 320 valence electrons. The molecule has 16 nitrogen and oxygen atoms in total. The average Bonchev–Trinajstić information content (AvgIpc) is 3.60. The fraction of sp³-hybridized carbons (Fsp3) is 0.512. The van der Waals surface area contributed by atoms with Crippen LogP contribution in [0.25, 0.3) is 10.9 Å². The van der Waals surface area contributed by atoms with Crippen molar-refractivity contribution in [1.82, 2.24) is 41.8 Å². The summed E-state index contributed by atoms with van der Waals surface area (Å²) in [5.74, 6) is -4.26. The van der Waals surface area contributed by atoms with E-state index in [0.29, 0.717) is 12.8 Å². The number of nitrogens with zero attached hydrogens (tertiary/aromatic N) is 1. The molecule has 2 aromatic carbocycles. The van der Waals surface area contributed by atoms with E-state index in [4.69, 9.17) is 0 Å². The van der Waals surface area contributed by atoms with Crippen LogP contribution in [0.1, 0.15) is 77.8 Å². The van der Waals surface area contributed by atoms with Gasteiger partial charge in [0.2, 0.25) is 29.5 Å². The fourth-order valence-electron chi connectivity index (χ4n) is 7.06. The number of hydrogen-bond acceptors (Lipinski definition) is 7. The third-order valence-corrected chi connectivity index (χ3v) is 10.4. The van der Waals surface area contributed by atoms with Crippen molar-refractivity contribution in [3.63, 3.8) is 0 Å². The molecule has 1 fully saturated rings. The number of amides is 7. The van der Waals surface area contributed by atoms with Crippen molar-refractivity contribution in [2.24, 2.45) is 11.8 Å². The first kappa shape index (κ1) is 45.8. The van der Waals surface area contributed by atoms with E-state index in [1.54, 1.807) is 13.1 Å². The van der Waals surface area contributed by atoms with E-state index in [0.717, 1.165) is 22.0 Å². The monoisotopic (exact) mass is 816 g/mol. The number of hydrogen-bond donors (Lipinski definition) is 8. The van der Waals surface area contributed by atoms with Crippen molar-refractivity contribution in [2.75, 3.05) is 13.6 Å². The molecule has 6 atom stereocenters. The van der Waals surface area contributed by atoms with Crippen LogP contribution in [0.2, 0.25) is 0 Å². The SMILES string of the molecule is CC(C)C[C@H](NC(=O)N[C@@H]1CCCCNC(=O)[C@H](Cc2ccccc2)NC(=O)[C@H](C)N(C)C(=O)[C@H](Cc2c[nH]c3ccccc23)NC(=O)[C@H](CC(C)C)NC1=O)C(=O)O. The van der Waals surface area contributed by atoms with Gasteiger partial charge in [-0.25, -0.2) is 9.59 Å². The van der Waals surface area contributed by atoms with Crippen LogP contribution in [-0.4, -0.2) is 106 Å². The second-order valence-electron chi connectivity index (χ2n) is 16.2. The number of nitrogens with one attached hydrogen (secondary N) is 7. The Morgan fingerprint density at radius 1 is 0.797 bits per heavy atom. The normalized spacial score (nSPS) is 22.3. The van der Waals surface area contributed by atoms with Gasteiger partial charge in [-0.15, -0.1) is 0 Å². The van der Waals surface area contributed by atoms with E-state index in [9.17, 15) is 38.7 Å². The number of aromatic amines is 1. The number of carbonyl (C=O) groups excluding carboxylic acids is 6. The summed E-state index contributed by atoms with van der Waals surface area (Å²) in [6.45, 7) is 9.12. The smallest absolute Gasteiger partial charge is 0.326 e. The van der Waals surface area contributed by atoms with Crippen LogP contribution < -0.4 is 31.9 Å². The molecular formula is C43H60N8O8. The molecular weight excluding hydrogens is 757 g/mol. The van der Waals surface area contributed by atoms with E-state index < -0.39 is 77.8 Å². The van der Waals surface area contributed by atoms with Crippen LogP contribution in [0.3, 0.4) is 0 Å². The highest BCUT2D eigenvalue weighted by Crippen LogP contribution is 2.21. The molecule has 3 aromatic rings. The lowest BCUT2D eigenvalue weighted by Crippen LogP contribution is -2.60. The number of aromatic nitrogens is 1. The Kier molecular flexibility index (Phi) is 16.9. The highest BCUT2D eigenvalue weighted by Gasteiger charge is 2.35. The molecule has 7 amide bonds. The van der Waals surface area contributed by atoms with E-state index in [1.807, 2.05) is 82.3 Å². The minimum Gasteiger partial charge on any atom is -0.480 e. The van der Waals surface area contributed by atoms with Gasteiger partial charge in [0.05, 0.1) is 0 Å². The molecule has 0 unspecified atom stereocenters. The Morgan fingerprint density at radius 2 is 1.46 bits per heavy atom. The Morgan fingerprint density at radius 3 is 2.14 bits per heavy atom. The van der Waals surface area contributed by atoms with Gasteiger partial charge in [0.1, 0.15) is 36.3 Å². The second kappa shape index (κ2) is 21.7. The van der Waals surface area contributed by atoms with Crippen molar-refractivity contribution in [3.8, 4) is 0 Å². The topological polar surface area (TPSA) is 231 Å². The van der Waals surface area contributed by atoms with Gasteiger partial charge in [-0.2, -0.15) is 0 Å². The quantitative estimate of drug-likeness (QED) is 0.143. The zero-order valence-electron chi connectivity index (χ0n) is 34.8. The van der Waals surface area contributed by atoms with Crippen LogP contribution >= 0.6 is 0 Å². The predicted molar refractivity (Wildman–Crippen MR) is 223 cm³/mol. The third-order valence-electron chi connectivity index (χ3n) is 10.4. The average molecular weight is 817 g/mol. The molecule has 59 heavy (non-hydrogen) atoms. The summed E-state index contributed by atoms with van der Waals surface area (Å²) in [5.41, 5.74) is 2.37. The minimum atomic E-state index is -1.22. The van der Waals surface area contributed by atoms with Crippen molar-refractivity contribution in [2.45, 2.75) is 116 Å². The molecule has 1 aliphatic heterocycles. The first-order valence-electron chi connectivity index (χ1n) is 20.4. The molecule has 1 saturated heterocycles. The van der Waals surface area contributed by atoms with E-state index in [2.05, 4.69) is 36.9 Å². The third kappa shape index (κ3) is 13.6. The summed E-state index contributed by atoms with van der Waals surface area (Å²) >= 11 is 0. The van der Waals surface area contributed by atoms with Crippen LogP contribution in [-0.2, 0) is 41.6 Å². The number of benzene rings is 2. The summed E-state index contributed by atoms with van der Waals surface area (Å²) in [7, 11) is 1.46. The minimum absolute atomic E-state index is 0.0408. The van der Waals surface area contributed by atoms with Crippen molar-refractivity contribution in [3.05, 3.63) is 71.9 Å². The van der Waals surface area contributed by atoms with Crippen LogP contribution in [0.15, 0.2) is 60.8 Å². The Labute approximate surface area is 345 Å². The van der Waals surface area contributed by atoms with E-state index in [1.165, 1.54) is 11.9 Å². The van der Waals surface area contributed by atoms with Crippen LogP contribution in [0.5, 0.6) is 0 Å². The van der Waals surface area contributed by atoms with E-state index >= 15 is 0 Å². The van der Waals surface area contributed by atoms with Gasteiger partial charge in [-0.05, 0) is 68.1 Å². The van der Waals surface area contributed by atoms with Crippen molar-refractivity contribution >= 4 is 52.4 Å². The second-order valence-corrected chi connectivity index (χ2v) is 16.2. The Bertz CT molecular complexity index is 1930. The maximum absolute atomic E-state index is 14.4. The summed E-state index contributed by atoms with van der Waals surface area (Å²) in [6.07, 6.45) is 3.13. The molecule has 0 saturated carbocycles. The Hall–Kier alpha value is -5.93. The largest absolute Gasteiger partial charge is 0.480 e. The van der Waals surface area contributed by atoms with Gasteiger partial charge in [-0.3, -0.25) is 24.0 Å². The number of H-pyrrole nitrogens is 1. The maximum Gasteiger partial charge on any atom is 0.326 e. The van der Waals surface area contributed by atoms with Gasteiger partial charge < -0.3 is 46.9 Å². The lowest BCUT2D eigenvalue weighted by atomic mass is 9.99. The molecule has 2 heterocycles. The van der Waals surface area contributed by atoms with Gasteiger partial charge in [0.25, 0.3) is 0 Å². The van der Waals surface area contributed by atoms with Crippen LogP contribution in [0, 0.1) is 11.8 Å². The zero-order valence-corrected chi connectivity index (χ0v) is 34.8. The lowest BCUT2D eigenvalue weighted by Gasteiger charge is -2.31.